The minimum Gasteiger partial charge on any atom is -0.454 e. The number of hydrogen-bond acceptors (Lipinski definition) is 5. The molecule has 7 nitrogen and oxygen atoms in total. The van der Waals surface area contributed by atoms with E-state index in [0.29, 0.717) is 25.3 Å². The van der Waals surface area contributed by atoms with Crippen LogP contribution in [-0.2, 0) is 4.84 Å². The number of hydrogen-bond donors (Lipinski definition) is 1. The lowest BCUT2D eigenvalue weighted by atomic mass is 10.0. The number of amides is 2. The average molecular weight is 345 g/mol. The van der Waals surface area contributed by atoms with Crippen LogP contribution in [0.15, 0.2) is 36.0 Å². The molecule has 0 aromatic heterocycles. The van der Waals surface area contributed by atoms with Gasteiger partial charge in [-0.2, -0.15) is 0 Å². The molecule has 134 valence electrons. The molecule has 0 radical (unpaired) electrons. The summed E-state index contributed by atoms with van der Waals surface area (Å²) in [5.74, 6) is 1.45. The van der Waals surface area contributed by atoms with Crippen LogP contribution < -0.4 is 14.8 Å². The van der Waals surface area contributed by atoms with Crippen molar-refractivity contribution in [3.05, 3.63) is 36.4 Å². The summed E-state index contributed by atoms with van der Waals surface area (Å²) in [6.07, 6.45) is 2.15. The second-order valence-corrected chi connectivity index (χ2v) is 6.34. The Bertz CT molecular complexity index is 687. The maximum Gasteiger partial charge on any atom is 0.318 e. The van der Waals surface area contributed by atoms with Crippen molar-refractivity contribution in [1.82, 2.24) is 10.2 Å². The number of fused-ring (bicyclic) bond motifs is 1. The SMILES string of the molecule is C=CCN(CC1CC(c2ccc3c(c2)OCO3)=NO1)C(=O)NC(C)C. The van der Waals surface area contributed by atoms with Gasteiger partial charge in [-0.25, -0.2) is 4.79 Å². The quantitative estimate of drug-likeness (QED) is 0.804. The van der Waals surface area contributed by atoms with E-state index in [-0.39, 0.29) is 25.0 Å². The molecule has 0 spiro atoms. The zero-order valence-electron chi connectivity index (χ0n) is 14.5. The Morgan fingerprint density at radius 3 is 3.00 bits per heavy atom. The number of urea groups is 1. The number of benzene rings is 1. The summed E-state index contributed by atoms with van der Waals surface area (Å²) in [7, 11) is 0. The van der Waals surface area contributed by atoms with Crippen LogP contribution in [0.1, 0.15) is 25.8 Å². The lowest BCUT2D eigenvalue weighted by Crippen LogP contribution is -2.46. The first-order chi connectivity index (χ1) is 12.1. The molecule has 1 unspecified atom stereocenters. The first-order valence-corrected chi connectivity index (χ1v) is 8.36. The number of ether oxygens (including phenoxy) is 2. The summed E-state index contributed by atoms with van der Waals surface area (Å²) in [4.78, 5) is 19.5. The standard InChI is InChI=1S/C18H23N3O4/c1-4-7-21(18(22)19-12(2)3)10-14-9-15(20-25-14)13-5-6-16-17(8-13)24-11-23-16/h4-6,8,12,14H,1,7,9-11H2,2-3H3,(H,19,22). The highest BCUT2D eigenvalue weighted by Crippen LogP contribution is 2.33. The predicted octanol–water partition coefficient (Wildman–Crippen LogP) is 2.51. The van der Waals surface area contributed by atoms with Gasteiger partial charge < -0.3 is 24.5 Å². The lowest BCUT2D eigenvalue weighted by molar-refractivity contribution is 0.0626. The summed E-state index contributed by atoms with van der Waals surface area (Å²) < 4.78 is 10.7. The van der Waals surface area contributed by atoms with E-state index in [1.165, 1.54) is 0 Å². The van der Waals surface area contributed by atoms with Crippen molar-refractivity contribution in [1.29, 1.82) is 0 Å². The molecule has 1 N–H and O–H groups in total. The van der Waals surface area contributed by atoms with Crippen molar-refractivity contribution in [2.75, 3.05) is 19.9 Å². The van der Waals surface area contributed by atoms with Gasteiger partial charge in [0.05, 0.1) is 12.3 Å². The molecule has 0 bridgehead atoms. The molecule has 1 aromatic carbocycles. The molecule has 1 aromatic rings. The van der Waals surface area contributed by atoms with E-state index in [1.807, 2.05) is 32.0 Å². The summed E-state index contributed by atoms with van der Waals surface area (Å²) in [5, 5.41) is 7.07. The van der Waals surface area contributed by atoms with E-state index >= 15 is 0 Å². The van der Waals surface area contributed by atoms with Crippen LogP contribution in [0.2, 0.25) is 0 Å². The normalized spacial score (nSPS) is 17.9. The molecule has 3 rings (SSSR count). The Labute approximate surface area is 147 Å². The Morgan fingerprint density at radius 2 is 2.24 bits per heavy atom. The Hall–Kier alpha value is -2.70. The molecule has 0 fully saturated rings. The van der Waals surface area contributed by atoms with Crippen molar-refractivity contribution in [2.24, 2.45) is 5.16 Å². The van der Waals surface area contributed by atoms with Gasteiger partial charge in [0.25, 0.3) is 0 Å². The highest BCUT2D eigenvalue weighted by molar-refractivity contribution is 6.01. The maximum absolute atomic E-state index is 12.3. The summed E-state index contributed by atoms with van der Waals surface area (Å²) in [5.41, 5.74) is 1.78. The first-order valence-electron chi connectivity index (χ1n) is 8.36. The van der Waals surface area contributed by atoms with Gasteiger partial charge in [0.1, 0.15) is 0 Å². The van der Waals surface area contributed by atoms with Crippen LogP contribution in [0.3, 0.4) is 0 Å². The van der Waals surface area contributed by atoms with Gasteiger partial charge in [-0.1, -0.05) is 11.2 Å². The third-order valence-electron chi connectivity index (χ3n) is 3.91. The summed E-state index contributed by atoms with van der Waals surface area (Å²) in [6.45, 7) is 8.72. The fourth-order valence-electron chi connectivity index (χ4n) is 2.75. The van der Waals surface area contributed by atoms with Crippen LogP contribution >= 0.6 is 0 Å². The minimum atomic E-state index is -0.182. The molecule has 2 amide bonds. The van der Waals surface area contributed by atoms with E-state index in [9.17, 15) is 4.79 Å². The fourth-order valence-corrected chi connectivity index (χ4v) is 2.75. The van der Waals surface area contributed by atoms with Crippen LogP contribution in [0, 0.1) is 0 Å². The van der Waals surface area contributed by atoms with Gasteiger partial charge in [0.2, 0.25) is 6.79 Å². The third kappa shape index (κ3) is 4.04. The third-order valence-corrected chi connectivity index (χ3v) is 3.91. The number of nitrogens with one attached hydrogen (secondary N) is 1. The molecule has 0 saturated carbocycles. The summed E-state index contributed by atoms with van der Waals surface area (Å²) >= 11 is 0. The maximum atomic E-state index is 12.3. The van der Waals surface area contributed by atoms with E-state index < -0.39 is 0 Å². The lowest BCUT2D eigenvalue weighted by Gasteiger charge is -2.24. The highest BCUT2D eigenvalue weighted by Gasteiger charge is 2.27. The van der Waals surface area contributed by atoms with E-state index in [2.05, 4.69) is 17.1 Å². The zero-order chi connectivity index (χ0) is 17.8. The number of carbonyl (C=O) groups excluding carboxylic acids is 1. The van der Waals surface area contributed by atoms with Gasteiger partial charge in [0.15, 0.2) is 17.6 Å². The molecule has 2 aliphatic rings. The topological polar surface area (TPSA) is 72.4 Å². The predicted molar refractivity (Wildman–Crippen MR) is 94.0 cm³/mol. The molecule has 1 atom stereocenters. The molecular formula is C18H23N3O4. The van der Waals surface area contributed by atoms with Gasteiger partial charge in [-0.15, -0.1) is 6.58 Å². The van der Waals surface area contributed by atoms with Crippen LogP contribution in [0.5, 0.6) is 11.5 Å². The molecule has 7 heteroatoms. The zero-order valence-corrected chi connectivity index (χ0v) is 14.5. The van der Waals surface area contributed by atoms with Crippen LogP contribution in [-0.4, -0.2) is 48.7 Å². The van der Waals surface area contributed by atoms with Crippen molar-refractivity contribution in [3.63, 3.8) is 0 Å². The highest BCUT2D eigenvalue weighted by atomic mass is 16.7. The smallest absolute Gasteiger partial charge is 0.318 e. The van der Waals surface area contributed by atoms with Crippen molar-refractivity contribution < 1.29 is 19.1 Å². The second kappa shape index (κ2) is 7.46. The molecular weight excluding hydrogens is 322 g/mol. The average Bonchev–Trinajstić information content (AvgIpc) is 3.22. The van der Waals surface area contributed by atoms with Crippen LogP contribution in [0.25, 0.3) is 0 Å². The number of carbonyl (C=O) groups is 1. The van der Waals surface area contributed by atoms with Crippen LogP contribution in [0.4, 0.5) is 4.79 Å². The van der Waals surface area contributed by atoms with Crippen molar-refractivity contribution in [3.8, 4) is 11.5 Å². The van der Waals surface area contributed by atoms with Crippen molar-refractivity contribution in [2.45, 2.75) is 32.4 Å². The van der Waals surface area contributed by atoms with E-state index in [0.717, 1.165) is 17.0 Å². The largest absolute Gasteiger partial charge is 0.454 e. The van der Waals surface area contributed by atoms with Gasteiger partial charge >= 0.3 is 6.03 Å². The van der Waals surface area contributed by atoms with E-state index in [1.54, 1.807) is 11.0 Å². The van der Waals surface area contributed by atoms with Gasteiger partial charge in [0, 0.05) is 24.6 Å². The number of nitrogens with zero attached hydrogens (tertiary/aromatic N) is 2. The molecule has 2 aliphatic heterocycles. The van der Waals surface area contributed by atoms with Gasteiger partial charge in [-0.3, -0.25) is 0 Å². The molecule has 2 heterocycles. The number of oxime groups is 1. The molecule has 0 aliphatic carbocycles. The van der Waals surface area contributed by atoms with E-state index in [4.69, 9.17) is 14.3 Å². The molecule has 25 heavy (non-hydrogen) atoms. The monoisotopic (exact) mass is 345 g/mol. The second-order valence-electron chi connectivity index (χ2n) is 6.34. The first kappa shape index (κ1) is 17.1. The Morgan fingerprint density at radius 1 is 1.44 bits per heavy atom. The molecule has 0 saturated heterocycles. The summed E-state index contributed by atoms with van der Waals surface area (Å²) in [6, 6.07) is 5.65. The number of rotatable bonds is 6. The minimum absolute atomic E-state index is 0.0738. The van der Waals surface area contributed by atoms with Gasteiger partial charge in [-0.05, 0) is 32.0 Å². The Kier molecular flexibility index (Phi) is 5.11. The van der Waals surface area contributed by atoms with Crippen molar-refractivity contribution >= 4 is 11.7 Å². The Balaban J connectivity index is 1.61. The fraction of sp³-hybridized carbons (Fsp3) is 0.444.